The van der Waals surface area contributed by atoms with Gasteiger partial charge >= 0.3 is 0 Å². The molecule has 4 nitrogen and oxygen atoms in total. The highest BCUT2D eigenvalue weighted by Crippen LogP contribution is 2.24. The van der Waals surface area contributed by atoms with E-state index >= 15 is 0 Å². The third-order valence-electron chi connectivity index (χ3n) is 5.59. The maximum atomic E-state index is 13.0. The number of benzene rings is 2. The third kappa shape index (κ3) is 5.10. The van der Waals surface area contributed by atoms with Gasteiger partial charge in [-0.1, -0.05) is 54.2 Å². The number of rotatable bonds is 6. The monoisotopic (exact) mass is 405 g/mol. The van der Waals surface area contributed by atoms with Crippen LogP contribution in [0.5, 0.6) is 0 Å². The first-order valence-corrected chi connectivity index (χ1v) is 11.2. The van der Waals surface area contributed by atoms with Crippen LogP contribution in [0.3, 0.4) is 0 Å². The minimum Gasteiger partial charge on any atom is -0.339 e. The van der Waals surface area contributed by atoms with Crippen LogP contribution in [-0.2, 0) is 19.2 Å². The highest BCUT2D eigenvalue weighted by Gasteiger charge is 2.24. The number of hydrogen-bond acceptors (Lipinski definition) is 3. The van der Waals surface area contributed by atoms with Crippen LogP contribution in [-0.4, -0.2) is 33.4 Å². The maximum Gasteiger partial charge on any atom is 0.253 e. The second kappa shape index (κ2) is 9.31. The molecule has 1 aliphatic heterocycles. The molecule has 1 amide bonds. The van der Waals surface area contributed by atoms with E-state index in [1.807, 2.05) is 47.1 Å². The Morgan fingerprint density at radius 1 is 1.07 bits per heavy atom. The Morgan fingerprint density at radius 3 is 2.55 bits per heavy atom. The first-order chi connectivity index (χ1) is 14.2. The van der Waals surface area contributed by atoms with Crippen molar-refractivity contribution in [3.05, 3.63) is 83.7 Å². The predicted molar refractivity (Wildman–Crippen MR) is 118 cm³/mol. The summed E-state index contributed by atoms with van der Waals surface area (Å²) in [6.07, 6.45) is 7.03. The molecule has 1 fully saturated rings. The summed E-state index contributed by atoms with van der Waals surface area (Å²) in [6.45, 7) is 1.70. The van der Waals surface area contributed by atoms with Gasteiger partial charge < -0.3 is 9.47 Å². The Hall–Kier alpha value is -2.53. The summed E-state index contributed by atoms with van der Waals surface area (Å²) in [5.74, 6) is 1.64. The number of hydrogen-bond donors (Lipinski definition) is 0. The van der Waals surface area contributed by atoms with E-state index in [1.165, 1.54) is 5.56 Å². The normalized spacial score (nSPS) is 14.9. The molecule has 0 unspecified atom stereocenters. The molecule has 0 N–H and O–H groups in total. The Bertz CT molecular complexity index is 946. The van der Waals surface area contributed by atoms with Crippen molar-refractivity contribution in [2.75, 3.05) is 13.1 Å². The number of aryl methyl sites for hydroxylation is 1. The Morgan fingerprint density at radius 2 is 1.83 bits per heavy atom. The van der Waals surface area contributed by atoms with E-state index in [9.17, 15) is 4.79 Å². The number of amides is 1. The van der Waals surface area contributed by atoms with Crippen molar-refractivity contribution in [3.8, 4) is 0 Å². The molecule has 1 aromatic heterocycles. The molecular formula is C24H27N3OS. The molecule has 0 aliphatic carbocycles. The van der Waals surface area contributed by atoms with Gasteiger partial charge in [0, 0.05) is 43.8 Å². The number of nitrogens with zero attached hydrogens (tertiary/aromatic N) is 3. The lowest BCUT2D eigenvalue weighted by Gasteiger charge is -2.32. The van der Waals surface area contributed by atoms with Gasteiger partial charge in [-0.05, 0) is 48.4 Å². The van der Waals surface area contributed by atoms with E-state index in [1.54, 1.807) is 11.8 Å². The Labute approximate surface area is 177 Å². The van der Waals surface area contributed by atoms with Crippen molar-refractivity contribution < 1.29 is 4.79 Å². The smallest absolute Gasteiger partial charge is 0.253 e. The van der Waals surface area contributed by atoms with Crippen molar-refractivity contribution in [1.82, 2.24) is 14.5 Å². The zero-order valence-corrected chi connectivity index (χ0v) is 17.6. The predicted octanol–water partition coefficient (Wildman–Crippen LogP) is 4.81. The standard InChI is InChI=1S/C24H27N3OS/c1-26-15-12-25-24(26)29-18-21-8-5-9-22(17-21)23(28)27-13-10-20(11-14-27)16-19-6-3-2-4-7-19/h2-9,12,15,17,20H,10-11,13-14,16,18H2,1H3. The SMILES string of the molecule is Cn1ccnc1SCc1cccc(C(=O)N2CCC(Cc3ccccc3)CC2)c1. The Balaban J connectivity index is 1.32. The van der Waals surface area contributed by atoms with Crippen LogP contribution in [0.15, 0.2) is 72.1 Å². The van der Waals surface area contributed by atoms with Gasteiger partial charge in [0.15, 0.2) is 5.16 Å². The number of imidazole rings is 1. The van der Waals surface area contributed by atoms with E-state index in [4.69, 9.17) is 0 Å². The van der Waals surface area contributed by atoms with E-state index in [0.717, 1.165) is 54.4 Å². The van der Waals surface area contributed by atoms with Crippen LogP contribution in [0.4, 0.5) is 0 Å². The summed E-state index contributed by atoms with van der Waals surface area (Å²) in [4.78, 5) is 19.4. The molecule has 0 atom stereocenters. The molecule has 3 aromatic rings. The van der Waals surface area contributed by atoms with Crippen molar-refractivity contribution in [2.45, 2.75) is 30.2 Å². The fourth-order valence-electron chi connectivity index (χ4n) is 3.90. The lowest BCUT2D eigenvalue weighted by molar-refractivity contribution is 0.0690. The molecule has 1 saturated heterocycles. The lowest BCUT2D eigenvalue weighted by atomic mass is 9.90. The van der Waals surface area contributed by atoms with Gasteiger partial charge in [0.05, 0.1) is 0 Å². The van der Waals surface area contributed by atoms with Crippen molar-refractivity contribution >= 4 is 17.7 Å². The summed E-state index contributed by atoms with van der Waals surface area (Å²) < 4.78 is 2.01. The number of carbonyl (C=O) groups excluding carboxylic acids is 1. The molecule has 150 valence electrons. The molecule has 4 rings (SSSR count). The van der Waals surface area contributed by atoms with Crippen LogP contribution >= 0.6 is 11.8 Å². The topological polar surface area (TPSA) is 38.1 Å². The zero-order valence-electron chi connectivity index (χ0n) is 16.8. The minimum absolute atomic E-state index is 0.159. The summed E-state index contributed by atoms with van der Waals surface area (Å²) >= 11 is 1.69. The number of piperidine rings is 1. The molecular weight excluding hydrogens is 378 g/mol. The molecule has 2 aromatic carbocycles. The van der Waals surface area contributed by atoms with Gasteiger partial charge in [-0.2, -0.15) is 0 Å². The molecule has 0 radical (unpaired) electrons. The Kier molecular flexibility index (Phi) is 6.35. The first kappa shape index (κ1) is 19.8. The molecule has 0 saturated carbocycles. The van der Waals surface area contributed by atoms with Crippen molar-refractivity contribution in [1.29, 1.82) is 0 Å². The molecule has 29 heavy (non-hydrogen) atoms. The largest absolute Gasteiger partial charge is 0.339 e. The van der Waals surface area contributed by atoms with E-state index in [0.29, 0.717) is 5.92 Å². The molecule has 0 bridgehead atoms. The number of carbonyl (C=O) groups is 1. The molecule has 1 aliphatic rings. The molecule has 5 heteroatoms. The van der Waals surface area contributed by atoms with Crippen molar-refractivity contribution in [2.24, 2.45) is 13.0 Å². The van der Waals surface area contributed by atoms with Crippen LogP contribution < -0.4 is 0 Å². The van der Waals surface area contributed by atoms with Crippen molar-refractivity contribution in [3.63, 3.8) is 0 Å². The fourth-order valence-corrected chi connectivity index (χ4v) is 4.78. The van der Waals surface area contributed by atoms with E-state index in [-0.39, 0.29) is 5.91 Å². The van der Waals surface area contributed by atoms with Crippen LogP contribution in [0.25, 0.3) is 0 Å². The highest BCUT2D eigenvalue weighted by molar-refractivity contribution is 7.98. The average molecular weight is 406 g/mol. The summed E-state index contributed by atoms with van der Waals surface area (Å²) in [5, 5.41) is 0.988. The first-order valence-electron chi connectivity index (χ1n) is 10.2. The van der Waals surface area contributed by atoms with Crippen LogP contribution in [0, 0.1) is 5.92 Å². The summed E-state index contributed by atoms with van der Waals surface area (Å²) in [7, 11) is 2.00. The lowest BCUT2D eigenvalue weighted by Crippen LogP contribution is -2.38. The number of aromatic nitrogens is 2. The van der Waals surface area contributed by atoms with E-state index < -0.39 is 0 Å². The van der Waals surface area contributed by atoms with Crippen LogP contribution in [0.1, 0.15) is 34.3 Å². The third-order valence-corrected chi connectivity index (χ3v) is 6.72. The minimum atomic E-state index is 0.159. The molecule has 0 spiro atoms. The number of thioether (sulfide) groups is 1. The molecule has 2 heterocycles. The average Bonchev–Trinajstić information content (AvgIpc) is 3.18. The maximum absolute atomic E-state index is 13.0. The van der Waals surface area contributed by atoms with Gasteiger partial charge in [-0.3, -0.25) is 4.79 Å². The quantitative estimate of drug-likeness (QED) is 0.553. The van der Waals surface area contributed by atoms with Gasteiger partial charge in [-0.25, -0.2) is 4.98 Å². The van der Waals surface area contributed by atoms with Crippen LogP contribution in [0.2, 0.25) is 0 Å². The summed E-state index contributed by atoms with van der Waals surface area (Å²) in [5.41, 5.74) is 3.35. The highest BCUT2D eigenvalue weighted by atomic mass is 32.2. The van der Waals surface area contributed by atoms with Gasteiger partial charge in [-0.15, -0.1) is 0 Å². The van der Waals surface area contributed by atoms with E-state index in [2.05, 4.69) is 41.4 Å². The summed E-state index contributed by atoms with van der Waals surface area (Å²) in [6, 6.07) is 18.7. The van der Waals surface area contributed by atoms with Gasteiger partial charge in [0.25, 0.3) is 5.91 Å². The van der Waals surface area contributed by atoms with Gasteiger partial charge in [0.1, 0.15) is 0 Å². The second-order valence-electron chi connectivity index (χ2n) is 7.74. The van der Waals surface area contributed by atoms with Gasteiger partial charge in [0.2, 0.25) is 0 Å². The zero-order chi connectivity index (χ0) is 20.1. The number of likely N-dealkylation sites (tertiary alicyclic amines) is 1. The second-order valence-corrected chi connectivity index (χ2v) is 8.68. The fraction of sp³-hybridized carbons (Fsp3) is 0.333.